The van der Waals surface area contributed by atoms with E-state index in [2.05, 4.69) is 5.32 Å². The van der Waals surface area contributed by atoms with Crippen molar-refractivity contribution in [1.82, 2.24) is 5.32 Å². The fraction of sp³-hybridized carbons (Fsp3) is 0.625. The van der Waals surface area contributed by atoms with E-state index in [1.54, 1.807) is 0 Å². The molecule has 0 aliphatic rings. The lowest BCUT2D eigenvalue weighted by Gasteiger charge is -2.29. The van der Waals surface area contributed by atoms with E-state index in [1.807, 2.05) is 20.8 Å². The van der Waals surface area contributed by atoms with Crippen LogP contribution in [-0.4, -0.2) is 19.3 Å². The van der Waals surface area contributed by atoms with Gasteiger partial charge >= 0.3 is 0 Å². The highest BCUT2D eigenvalue weighted by Gasteiger charge is 2.27. The third-order valence-electron chi connectivity index (χ3n) is 3.25. The molecule has 2 nitrogen and oxygen atoms in total. The van der Waals surface area contributed by atoms with E-state index in [-0.39, 0.29) is 11.7 Å². The topological polar surface area (TPSA) is 21.3 Å². The highest BCUT2D eigenvalue weighted by atomic mass is 19.1. The average molecular weight is 285 g/mol. The standard InChI is InChI=1S/C16H25F2NO/c1-4-8-14(20-6-3)16(19-11-5-2)15-12(17)9-7-10-13(15)18/h7,9-10,14,16,19H,4-6,8,11H2,1-3H3. The van der Waals surface area contributed by atoms with Gasteiger partial charge in [-0.15, -0.1) is 0 Å². The highest BCUT2D eigenvalue weighted by molar-refractivity contribution is 5.24. The molecule has 2 unspecified atom stereocenters. The number of nitrogens with one attached hydrogen (secondary N) is 1. The van der Waals surface area contributed by atoms with Crippen molar-refractivity contribution in [2.75, 3.05) is 13.2 Å². The minimum atomic E-state index is -0.514. The molecule has 0 saturated carbocycles. The van der Waals surface area contributed by atoms with Crippen LogP contribution in [0.3, 0.4) is 0 Å². The number of hydrogen-bond donors (Lipinski definition) is 1. The number of rotatable bonds is 9. The van der Waals surface area contributed by atoms with Crippen molar-refractivity contribution in [2.45, 2.75) is 52.2 Å². The van der Waals surface area contributed by atoms with E-state index in [0.29, 0.717) is 13.2 Å². The van der Waals surface area contributed by atoms with E-state index in [1.165, 1.54) is 18.2 Å². The first-order valence-corrected chi connectivity index (χ1v) is 7.44. The maximum Gasteiger partial charge on any atom is 0.131 e. The van der Waals surface area contributed by atoms with Crippen molar-refractivity contribution in [1.29, 1.82) is 0 Å². The summed E-state index contributed by atoms with van der Waals surface area (Å²) in [6.07, 6.45) is 2.36. The third kappa shape index (κ3) is 4.53. The lowest BCUT2D eigenvalue weighted by Crippen LogP contribution is -2.35. The number of halogens is 2. The zero-order valence-corrected chi connectivity index (χ0v) is 12.6. The quantitative estimate of drug-likeness (QED) is 0.734. The van der Waals surface area contributed by atoms with Gasteiger partial charge in [0.05, 0.1) is 12.1 Å². The van der Waals surface area contributed by atoms with E-state index in [4.69, 9.17) is 4.74 Å². The fourth-order valence-electron chi connectivity index (χ4n) is 2.37. The average Bonchev–Trinajstić information content (AvgIpc) is 2.42. The van der Waals surface area contributed by atoms with Crippen LogP contribution < -0.4 is 5.32 Å². The Morgan fingerprint density at radius 2 is 1.75 bits per heavy atom. The summed E-state index contributed by atoms with van der Waals surface area (Å²) < 4.78 is 33.8. The second kappa shape index (κ2) is 9.03. The molecule has 0 aliphatic heterocycles. The predicted octanol–water partition coefficient (Wildman–Crippen LogP) is 4.21. The van der Waals surface area contributed by atoms with Crippen LogP contribution >= 0.6 is 0 Å². The van der Waals surface area contributed by atoms with Crippen LogP contribution in [0.4, 0.5) is 8.78 Å². The van der Waals surface area contributed by atoms with Crippen LogP contribution in [0, 0.1) is 11.6 Å². The van der Waals surface area contributed by atoms with Gasteiger partial charge in [-0.05, 0) is 38.4 Å². The molecule has 0 aliphatic carbocycles. The first-order chi connectivity index (χ1) is 9.65. The number of benzene rings is 1. The molecule has 1 aromatic carbocycles. The highest BCUT2D eigenvalue weighted by Crippen LogP contribution is 2.27. The summed E-state index contributed by atoms with van der Waals surface area (Å²) in [5, 5.41) is 3.23. The normalized spacial score (nSPS) is 14.2. The van der Waals surface area contributed by atoms with Gasteiger partial charge < -0.3 is 10.1 Å². The molecule has 0 spiro atoms. The van der Waals surface area contributed by atoms with Crippen LogP contribution in [0.5, 0.6) is 0 Å². The van der Waals surface area contributed by atoms with Gasteiger partial charge in [-0.2, -0.15) is 0 Å². The SMILES string of the molecule is CCCNC(c1c(F)cccc1F)C(CCC)OCC. The Kier molecular flexibility index (Phi) is 7.70. The second-order valence-corrected chi connectivity index (χ2v) is 4.85. The van der Waals surface area contributed by atoms with Crippen molar-refractivity contribution in [2.24, 2.45) is 0 Å². The smallest absolute Gasteiger partial charge is 0.131 e. The predicted molar refractivity (Wildman–Crippen MR) is 77.7 cm³/mol. The maximum atomic E-state index is 14.0. The molecule has 1 aromatic rings. The van der Waals surface area contributed by atoms with Crippen LogP contribution in [0.15, 0.2) is 18.2 Å². The molecule has 2 atom stereocenters. The molecule has 0 aromatic heterocycles. The van der Waals surface area contributed by atoms with Crippen molar-refractivity contribution < 1.29 is 13.5 Å². The molecular weight excluding hydrogens is 260 g/mol. The molecule has 4 heteroatoms. The molecule has 0 bridgehead atoms. The van der Waals surface area contributed by atoms with E-state index >= 15 is 0 Å². The van der Waals surface area contributed by atoms with Gasteiger partial charge in [0.2, 0.25) is 0 Å². The van der Waals surface area contributed by atoms with Gasteiger partial charge in [0.25, 0.3) is 0 Å². The summed E-state index contributed by atoms with van der Waals surface area (Å²) >= 11 is 0. The minimum absolute atomic E-state index is 0.0906. The first-order valence-electron chi connectivity index (χ1n) is 7.44. The Hall–Kier alpha value is -1.00. The zero-order chi connectivity index (χ0) is 15.0. The molecule has 1 rings (SSSR count). The van der Waals surface area contributed by atoms with Gasteiger partial charge in [0, 0.05) is 12.2 Å². The Bertz CT molecular complexity index is 372. The molecule has 0 radical (unpaired) electrons. The maximum absolute atomic E-state index is 14.0. The van der Waals surface area contributed by atoms with Crippen molar-refractivity contribution in [3.8, 4) is 0 Å². The van der Waals surface area contributed by atoms with E-state index in [0.717, 1.165) is 19.3 Å². The lowest BCUT2D eigenvalue weighted by atomic mass is 9.96. The molecule has 0 fully saturated rings. The minimum Gasteiger partial charge on any atom is -0.377 e. The second-order valence-electron chi connectivity index (χ2n) is 4.85. The third-order valence-corrected chi connectivity index (χ3v) is 3.25. The Morgan fingerprint density at radius 1 is 1.10 bits per heavy atom. The van der Waals surface area contributed by atoms with Crippen LogP contribution in [0.1, 0.15) is 51.6 Å². The molecule has 0 saturated heterocycles. The van der Waals surface area contributed by atoms with Crippen molar-refractivity contribution in [3.63, 3.8) is 0 Å². The number of ether oxygens (including phenoxy) is 1. The molecule has 20 heavy (non-hydrogen) atoms. The van der Waals surface area contributed by atoms with E-state index < -0.39 is 17.7 Å². The van der Waals surface area contributed by atoms with Crippen molar-refractivity contribution in [3.05, 3.63) is 35.4 Å². The Morgan fingerprint density at radius 3 is 2.25 bits per heavy atom. The van der Waals surface area contributed by atoms with E-state index in [9.17, 15) is 8.78 Å². The summed E-state index contributed by atoms with van der Waals surface area (Å²) in [4.78, 5) is 0. The van der Waals surface area contributed by atoms with Gasteiger partial charge in [0.15, 0.2) is 0 Å². The largest absolute Gasteiger partial charge is 0.377 e. The monoisotopic (exact) mass is 285 g/mol. The Labute approximate surface area is 120 Å². The molecule has 0 amide bonds. The van der Waals surface area contributed by atoms with Crippen LogP contribution in [0.2, 0.25) is 0 Å². The lowest BCUT2D eigenvalue weighted by molar-refractivity contribution is 0.0258. The summed E-state index contributed by atoms with van der Waals surface area (Å²) in [7, 11) is 0. The Balaban J connectivity index is 3.08. The molecule has 114 valence electrons. The molecule has 1 N–H and O–H groups in total. The summed E-state index contributed by atoms with van der Waals surface area (Å²) in [5.41, 5.74) is 0.0906. The van der Waals surface area contributed by atoms with Gasteiger partial charge in [0.1, 0.15) is 11.6 Å². The van der Waals surface area contributed by atoms with Crippen molar-refractivity contribution >= 4 is 0 Å². The summed E-state index contributed by atoms with van der Waals surface area (Å²) in [5.74, 6) is -1.03. The molecule has 0 heterocycles. The van der Waals surface area contributed by atoms with Gasteiger partial charge in [-0.1, -0.05) is 26.3 Å². The summed E-state index contributed by atoms with van der Waals surface area (Å²) in [6.45, 7) is 7.20. The zero-order valence-electron chi connectivity index (χ0n) is 12.6. The first kappa shape index (κ1) is 17.1. The van der Waals surface area contributed by atoms with Crippen LogP contribution in [-0.2, 0) is 4.74 Å². The molecular formula is C16H25F2NO. The number of hydrogen-bond acceptors (Lipinski definition) is 2. The van der Waals surface area contributed by atoms with Gasteiger partial charge in [-0.25, -0.2) is 8.78 Å². The van der Waals surface area contributed by atoms with Gasteiger partial charge in [-0.3, -0.25) is 0 Å². The fourth-order valence-corrected chi connectivity index (χ4v) is 2.37. The summed E-state index contributed by atoms with van der Waals surface area (Å²) in [6, 6.07) is 3.54. The van der Waals surface area contributed by atoms with Crippen LogP contribution in [0.25, 0.3) is 0 Å².